The SMILES string of the molecule is CC1CN(c2cc(F)c3nc(-c4cc(F)c5nn(C)cc5c4)ccc3c2)CC(C)N1. The van der Waals surface area contributed by atoms with Crippen LogP contribution in [0.25, 0.3) is 33.1 Å². The number of hydrogen-bond donors (Lipinski definition) is 1. The zero-order valence-corrected chi connectivity index (χ0v) is 17.2. The summed E-state index contributed by atoms with van der Waals surface area (Å²) in [6.07, 6.45) is 1.76. The molecule has 0 aliphatic carbocycles. The summed E-state index contributed by atoms with van der Waals surface area (Å²) >= 11 is 0. The van der Waals surface area contributed by atoms with E-state index in [9.17, 15) is 4.39 Å². The van der Waals surface area contributed by atoms with Gasteiger partial charge in [0.15, 0.2) is 11.6 Å². The molecule has 7 heteroatoms. The van der Waals surface area contributed by atoms with Crippen LogP contribution in [-0.2, 0) is 7.05 Å². The van der Waals surface area contributed by atoms with Gasteiger partial charge in [-0.1, -0.05) is 6.07 Å². The molecule has 0 amide bonds. The summed E-state index contributed by atoms with van der Waals surface area (Å²) < 4.78 is 31.1. The average molecular weight is 407 g/mol. The number of aromatic nitrogens is 3. The van der Waals surface area contributed by atoms with Gasteiger partial charge < -0.3 is 10.2 Å². The number of nitrogens with one attached hydrogen (secondary N) is 1. The first-order valence-electron chi connectivity index (χ1n) is 10.1. The van der Waals surface area contributed by atoms with E-state index in [1.807, 2.05) is 24.3 Å². The number of aryl methyl sites for hydroxylation is 1. The van der Waals surface area contributed by atoms with E-state index in [0.29, 0.717) is 39.8 Å². The quantitative estimate of drug-likeness (QED) is 0.540. The summed E-state index contributed by atoms with van der Waals surface area (Å²) in [6, 6.07) is 11.1. The fraction of sp³-hybridized carbons (Fsp3) is 0.304. The Balaban J connectivity index is 1.56. The summed E-state index contributed by atoms with van der Waals surface area (Å²) in [7, 11) is 1.75. The van der Waals surface area contributed by atoms with E-state index in [0.717, 1.165) is 24.2 Å². The number of nitrogens with zero attached hydrogens (tertiary/aromatic N) is 4. The van der Waals surface area contributed by atoms with Crippen molar-refractivity contribution in [2.75, 3.05) is 18.0 Å². The molecule has 2 aromatic carbocycles. The van der Waals surface area contributed by atoms with Crippen LogP contribution >= 0.6 is 0 Å². The molecule has 2 atom stereocenters. The monoisotopic (exact) mass is 407 g/mol. The number of benzene rings is 2. The fourth-order valence-corrected chi connectivity index (χ4v) is 4.42. The number of piperazine rings is 1. The van der Waals surface area contributed by atoms with Gasteiger partial charge in [0, 0.05) is 60.4 Å². The summed E-state index contributed by atoms with van der Waals surface area (Å²) in [6.45, 7) is 5.91. The van der Waals surface area contributed by atoms with Crippen molar-refractivity contribution < 1.29 is 8.78 Å². The van der Waals surface area contributed by atoms with E-state index in [1.54, 1.807) is 24.0 Å². The van der Waals surface area contributed by atoms with Crippen molar-refractivity contribution in [3.8, 4) is 11.3 Å². The van der Waals surface area contributed by atoms with E-state index in [4.69, 9.17) is 0 Å². The number of pyridine rings is 1. The Morgan fingerprint density at radius 2 is 1.67 bits per heavy atom. The molecule has 0 bridgehead atoms. The van der Waals surface area contributed by atoms with E-state index in [-0.39, 0.29) is 5.82 Å². The fourth-order valence-electron chi connectivity index (χ4n) is 4.42. The lowest BCUT2D eigenvalue weighted by atomic mass is 10.1. The first kappa shape index (κ1) is 18.9. The minimum absolute atomic E-state index is 0.291. The number of anilines is 1. The lowest BCUT2D eigenvalue weighted by Crippen LogP contribution is -2.54. The van der Waals surface area contributed by atoms with Gasteiger partial charge in [-0.25, -0.2) is 13.8 Å². The van der Waals surface area contributed by atoms with Crippen molar-refractivity contribution in [1.29, 1.82) is 0 Å². The van der Waals surface area contributed by atoms with Gasteiger partial charge in [0.25, 0.3) is 0 Å². The van der Waals surface area contributed by atoms with E-state index in [2.05, 4.69) is 34.1 Å². The highest BCUT2D eigenvalue weighted by Gasteiger charge is 2.22. The number of halogens is 2. The van der Waals surface area contributed by atoms with Crippen molar-refractivity contribution >= 4 is 27.5 Å². The van der Waals surface area contributed by atoms with Gasteiger partial charge in [-0.05, 0) is 44.2 Å². The van der Waals surface area contributed by atoms with Crippen molar-refractivity contribution in [3.05, 3.63) is 54.2 Å². The van der Waals surface area contributed by atoms with E-state index < -0.39 is 5.82 Å². The summed E-state index contributed by atoms with van der Waals surface area (Å²) in [5, 5.41) is 9.04. The highest BCUT2D eigenvalue weighted by Crippen LogP contribution is 2.30. The van der Waals surface area contributed by atoms with Crippen LogP contribution in [0.3, 0.4) is 0 Å². The molecule has 1 aliphatic heterocycles. The maximum atomic E-state index is 15.0. The molecule has 4 aromatic rings. The Hall–Kier alpha value is -3.06. The number of hydrogen-bond acceptors (Lipinski definition) is 4. The van der Waals surface area contributed by atoms with E-state index in [1.165, 1.54) is 6.07 Å². The molecule has 5 nitrogen and oxygen atoms in total. The Morgan fingerprint density at radius 3 is 2.43 bits per heavy atom. The molecular weight excluding hydrogens is 384 g/mol. The highest BCUT2D eigenvalue weighted by molar-refractivity contribution is 5.88. The van der Waals surface area contributed by atoms with Gasteiger partial charge in [0.1, 0.15) is 11.0 Å². The van der Waals surface area contributed by atoms with Crippen molar-refractivity contribution in [2.24, 2.45) is 7.05 Å². The topological polar surface area (TPSA) is 46.0 Å². The molecule has 154 valence electrons. The van der Waals surface area contributed by atoms with Gasteiger partial charge in [-0.15, -0.1) is 0 Å². The minimum Gasteiger partial charge on any atom is -0.368 e. The van der Waals surface area contributed by atoms with Crippen LogP contribution in [0.4, 0.5) is 14.5 Å². The van der Waals surface area contributed by atoms with Gasteiger partial charge in [0.05, 0.1) is 5.69 Å². The molecule has 30 heavy (non-hydrogen) atoms. The van der Waals surface area contributed by atoms with Crippen LogP contribution in [0.1, 0.15) is 13.8 Å². The van der Waals surface area contributed by atoms with Gasteiger partial charge in [-0.2, -0.15) is 5.10 Å². The standard InChI is InChI=1S/C23H23F2N5/c1-13-10-30(11-14(2)26-13)18-7-15-4-5-21(27-22(15)20(25)9-18)16-6-17-12-29(3)28-23(17)19(24)8-16/h4-9,12-14,26H,10-11H2,1-3H3. The highest BCUT2D eigenvalue weighted by atomic mass is 19.1. The zero-order valence-electron chi connectivity index (χ0n) is 17.2. The van der Waals surface area contributed by atoms with Crippen LogP contribution in [0, 0.1) is 11.6 Å². The lowest BCUT2D eigenvalue weighted by molar-refractivity contribution is 0.407. The van der Waals surface area contributed by atoms with Gasteiger partial charge in [0.2, 0.25) is 0 Å². The van der Waals surface area contributed by atoms with Crippen LogP contribution in [0.15, 0.2) is 42.6 Å². The first-order valence-corrected chi connectivity index (χ1v) is 10.1. The third kappa shape index (κ3) is 3.29. The van der Waals surface area contributed by atoms with Crippen molar-refractivity contribution in [3.63, 3.8) is 0 Å². The molecule has 0 spiro atoms. The average Bonchev–Trinajstić information content (AvgIpc) is 3.08. The predicted molar refractivity (Wildman–Crippen MR) is 116 cm³/mol. The van der Waals surface area contributed by atoms with Crippen LogP contribution in [0.2, 0.25) is 0 Å². The van der Waals surface area contributed by atoms with Gasteiger partial charge >= 0.3 is 0 Å². The number of fused-ring (bicyclic) bond motifs is 2. The second kappa shape index (κ2) is 7.02. The second-order valence-corrected chi connectivity index (χ2v) is 8.27. The summed E-state index contributed by atoms with van der Waals surface area (Å²) in [5.74, 6) is -0.783. The van der Waals surface area contributed by atoms with Crippen molar-refractivity contribution in [2.45, 2.75) is 25.9 Å². The molecular formula is C23H23F2N5. The van der Waals surface area contributed by atoms with Gasteiger partial charge in [-0.3, -0.25) is 4.68 Å². The van der Waals surface area contributed by atoms with E-state index >= 15 is 4.39 Å². The van der Waals surface area contributed by atoms with Crippen LogP contribution in [-0.4, -0.2) is 39.9 Å². The maximum absolute atomic E-state index is 15.0. The molecule has 2 unspecified atom stereocenters. The molecule has 0 radical (unpaired) electrons. The molecule has 1 N–H and O–H groups in total. The number of rotatable bonds is 2. The third-order valence-electron chi connectivity index (χ3n) is 5.63. The Bertz CT molecular complexity index is 1260. The summed E-state index contributed by atoms with van der Waals surface area (Å²) in [5.41, 5.74) is 2.60. The third-order valence-corrected chi connectivity index (χ3v) is 5.63. The zero-order chi connectivity index (χ0) is 21.0. The van der Waals surface area contributed by atoms with Crippen LogP contribution < -0.4 is 10.2 Å². The van der Waals surface area contributed by atoms with Crippen molar-refractivity contribution in [1.82, 2.24) is 20.1 Å². The first-order chi connectivity index (χ1) is 14.4. The Morgan fingerprint density at radius 1 is 0.933 bits per heavy atom. The lowest BCUT2D eigenvalue weighted by Gasteiger charge is -2.37. The predicted octanol–water partition coefficient (Wildman–Crippen LogP) is 4.25. The largest absolute Gasteiger partial charge is 0.368 e. The second-order valence-electron chi connectivity index (χ2n) is 8.27. The molecule has 0 saturated carbocycles. The van der Waals surface area contributed by atoms with Crippen LogP contribution in [0.5, 0.6) is 0 Å². The Labute approximate surface area is 173 Å². The molecule has 2 aromatic heterocycles. The molecule has 3 heterocycles. The minimum atomic E-state index is -0.414. The molecule has 1 aliphatic rings. The molecule has 1 saturated heterocycles. The maximum Gasteiger partial charge on any atom is 0.151 e. The summed E-state index contributed by atoms with van der Waals surface area (Å²) in [4.78, 5) is 6.72. The Kier molecular flexibility index (Phi) is 4.43. The molecule has 5 rings (SSSR count). The molecule has 1 fully saturated rings. The normalized spacial score (nSPS) is 19.7. The smallest absolute Gasteiger partial charge is 0.151 e.